The first kappa shape index (κ1) is 23.0. The van der Waals surface area contributed by atoms with Crippen LogP contribution in [0.5, 0.6) is 0 Å². The van der Waals surface area contributed by atoms with E-state index in [-0.39, 0.29) is 43.7 Å². The van der Waals surface area contributed by atoms with Crippen molar-refractivity contribution in [3.05, 3.63) is 53.8 Å². The van der Waals surface area contributed by atoms with Crippen LogP contribution < -0.4 is 10.2 Å². The smallest absolute Gasteiger partial charge is 0.255 e. The van der Waals surface area contributed by atoms with Crippen LogP contribution in [-0.2, 0) is 24.3 Å². The van der Waals surface area contributed by atoms with Crippen molar-refractivity contribution in [1.82, 2.24) is 4.31 Å². The van der Waals surface area contributed by atoms with Gasteiger partial charge in [-0.1, -0.05) is 0 Å². The van der Waals surface area contributed by atoms with E-state index in [1.807, 2.05) is 0 Å². The van der Waals surface area contributed by atoms with Crippen LogP contribution in [0, 0.1) is 5.82 Å². The van der Waals surface area contributed by atoms with Crippen molar-refractivity contribution in [3.8, 4) is 0 Å². The molecule has 0 radical (unpaired) electrons. The fraction of sp³-hybridized carbons (Fsp3) is 0.318. The number of nitrogens with one attached hydrogen (secondary N) is 1. The largest absolute Gasteiger partial charge is 0.379 e. The predicted molar refractivity (Wildman–Crippen MR) is 117 cm³/mol. The maximum absolute atomic E-state index is 14.4. The van der Waals surface area contributed by atoms with Gasteiger partial charge in [0.25, 0.3) is 5.91 Å². The summed E-state index contributed by atoms with van der Waals surface area (Å²) in [5, 5.41) is 2.61. The minimum absolute atomic E-state index is 0.0336. The molecule has 2 fully saturated rings. The minimum Gasteiger partial charge on any atom is -0.379 e. The van der Waals surface area contributed by atoms with Crippen LogP contribution in [-0.4, -0.2) is 56.7 Å². The summed E-state index contributed by atoms with van der Waals surface area (Å²) in [6, 6.07) is 9.27. The van der Waals surface area contributed by atoms with Gasteiger partial charge >= 0.3 is 0 Å². The molecule has 0 aliphatic carbocycles. The number of anilines is 2. The molecule has 2 aromatic rings. The highest BCUT2D eigenvalue weighted by molar-refractivity contribution is 7.89. The first-order valence-electron chi connectivity index (χ1n) is 10.4. The van der Waals surface area contributed by atoms with E-state index in [9.17, 15) is 27.2 Å². The van der Waals surface area contributed by atoms with Crippen molar-refractivity contribution < 1.29 is 31.9 Å². The molecule has 174 valence electrons. The molecule has 0 bridgehead atoms. The molecule has 3 amide bonds. The van der Waals surface area contributed by atoms with E-state index in [2.05, 4.69) is 5.32 Å². The number of halogens is 1. The third-order valence-electron chi connectivity index (χ3n) is 5.44. The maximum atomic E-state index is 14.4. The Morgan fingerprint density at radius 2 is 1.61 bits per heavy atom. The summed E-state index contributed by atoms with van der Waals surface area (Å²) >= 11 is 0. The fourth-order valence-corrected chi connectivity index (χ4v) is 5.21. The van der Waals surface area contributed by atoms with Gasteiger partial charge in [-0.15, -0.1) is 0 Å². The van der Waals surface area contributed by atoms with Crippen LogP contribution in [0.25, 0.3) is 0 Å². The number of hydrogen-bond donors (Lipinski definition) is 1. The summed E-state index contributed by atoms with van der Waals surface area (Å²) in [7, 11) is -4.12. The lowest BCUT2D eigenvalue weighted by atomic mass is 10.1. The summed E-state index contributed by atoms with van der Waals surface area (Å²) in [6.45, 7) is 0.635. The molecule has 2 saturated heterocycles. The number of morpholine rings is 1. The Kier molecular flexibility index (Phi) is 6.54. The van der Waals surface area contributed by atoms with E-state index >= 15 is 0 Å². The van der Waals surface area contributed by atoms with Gasteiger partial charge in [-0.05, 0) is 48.9 Å². The standard InChI is InChI=1S/C22H22FN3O6S/c23-18-9-4-15(14-19(18)33(30,31)25-10-12-32-13-11-25)22(29)24-16-5-7-17(8-6-16)26-20(27)2-1-3-21(26)28/h4-9,14H,1-3,10-13H2,(H,24,29). The molecule has 9 nitrogen and oxygen atoms in total. The molecule has 4 rings (SSSR count). The third-order valence-corrected chi connectivity index (χ3v) is 7.36. The minimum atomic E-state index is -4.12. The van der Waals surface area contributed by atoms with Gasteiger partial charge in [-0.2, -0.15) is 4.31 Å². The van der Waals surface area contributed by atoms with Crippen molar-refractivity contribution in [3.63, 3.8) is 0 Å². The molecule has 0 unspecified atom stereocenters. The quantitative estimate of drug-likeness (QED) is 0.663. The average molecular weight is 475 g/mol. The maximum Gasteiger partial charge on any atom is 0.255 e. The summed E-state index contributed by atoms with van der Waals surface area (Å²) in [5.41, 5.74) is 0.736. The Balaban J connectivity index is 1.51. The zero-order valence-corrected chi connectivity index (χ0v) is 18.4. The van der Waals surface area contributed by atoms with Crippen molar-refractivity contribution >= 4 is 39.1 Å². The van der Waals surface area contributed by atoms with Gasteiger partial charge in [-0.3, -0.25) is 19.3 Å². The number of sulfonamides is 1. The van der Waals surface area contributed by atoms with E-state index in [0.29, 0.717) is 30.6 Å². The van der Waals surface area contributed by atoms with Crippen LogP contribution >= 0.6 is 0 Å². The second kappa shape index (κ2) is 9.38. The molecule has 0 aromatic heterocycles. The van der Waals surface area contributed by atoms with E-state index in [1.165, 1.54) is 30.3 Å². The summed E-state index contributed by atoms with van der Waals surface area (Å²) in [5.74, 6) is -2.13. The van der Waals surface area contributed by atoms with Crippen LogP contribution in [0.2, 0.25) is 0 Å². The number of carbonyl (C=O) groups is 3. The molecule has 2 aliphatic rings. The van der Waals surface area contributed by atoms with Crippen molar-refractivity contribution in [2.75, 3.05) is 36.5 Å². The average Bonchev–Trinajstić information content (AvgIpc) is 2.81. The lowest BCUT2D eigenvalue weighted by Gasteiger charge is -2.26. The second-order valence-corrected chi connectivity index (χ2v) is 9.55. The normalized spacial score (nSPS) is 17.8. The highest BCUT2D eigenvalue weighted by Gasteiger charge is 2.30. The molecule has 33 heavy (non-hydrogen) atoms. The SMILES string of the molecule is O=C(Nc1ccc(N2C(=O)CCCC2=O)cc1)c1ccc(F)c(S(=O)(=O)N2CCOCC2)c1. The molecule has 0 spiro atoms. The highest BCUT2D eigenvalue weighted by atomic mass is 32.2. The molecule has 0 saturated carbocycles. The number of imide groups is 1. The van der Waals surface area contributed by atoms with Gasteiger partial charge in [-0.25, -0.2) is 12.8 Å². The Hall–Kier alpha value is -3.15. The third kappa shape index (κ3) is 4.80. The van der Waals surface area contributed by atoms with Gasteiger partial charge in [0.1, 0.15) is 10.7 Å². The summed E-state index contributed by atoms with van der Waals surface area (Å²) < 4.78 is 46.3. The van der Waals surface area contributed by atoms with Crippen molar-refractivity contribution in [2.24, 2.45) is 0 Å². The molecular weight excluding hydrogens is 453 g/mol. The lowest BCUT2D eigenvalue weighted by Crippen LogP contribution is -2.41. The number of rotatable bonds is 5. The number of ether oxygens (including phenoxy) is 1. The summed E-state index contributed by atoms with van der Waals surface area (Å²) in [4.78, 5) is 37.3. The summed E-state index contributed by atoms with van der Waals surface area (Å²) in [6.07, 6.45) is 1.12. The van der Waals surface area contributed by atoms with Crippen LogP contribution in [0.3, 0.4) is 0 Å². The van der Waals surface area contributed by atoms with E-state index < -0.39 is 26.6 Å². The Morgan fingerprint density at radius 3 is 2.24 bits per heavy atom. The Morgan fingerprint density at radius 1 is 0.970 bits per heavy atom. The monoisotopic (exact) mass is 475 g/mol. The Bertz CT molecular complexity index is 1180. The van der Waals surface area contributed by atoms with Crippen LogP contribution in [0.4, 0.5) is 15.8 Å². The van der Waals surface area contributed by atoms with Gasteiger partial charge in [0.2, 0.25) is 21.8 Å². The van der Waals surface area contributed by atoms with Gasteiger partial charge in [0.15, 0.2) is 0 Å². The molecule has 11 heteroatoms. The zero-order chi connectivity index (χ0) is 23.6. The number of benzene rings is 2. The predicted octanol–water partition coefficient (Wildman–Crippen LogP) is 2.14. The molecule has 2 heterocycles. The molecule has 2 aromatic carbocycles. The number of nitrogens with zero attached hydrogens (tertiary/aromatic N) is 2. The van der Waals surface area contributed by atoms with Crippen molar-refractivity contribution in [2.45, 2.75) is 24.2 Å². The molecule has 0 atom stereocenters. The van der Waals surface area contributed by atoms with E-state index in [1.54, 1.807) is 0 Å². The number of piperidine rings is 1. The molecule has 1 N–H and O–H groups in total. The van der Waals surface area contributed by atoms with Gasteiger partial charge in [0.05, 0.1) is 18.9 Å². The van der Waals surface area contributed by atoms with E-state index in [4.69, 9.17) is 4.74 Å². The second-order valence-electron chi connectivity index (χ2n) is 7.64. The number of amides is 3. The molecule has 2 aliphatic heterocycles. The van der Waals surface area contributed by atoms with Gasteiger partial charge in [0, 0.05) is 37.2 Å². The number of carbonyl (C=O) groups excluding carboxylic acids is 3. The zero-order valence-electron chi connectivity index (χ0n) is 17.6. The lowest BCUT2D eigenvalue weighted by molar-refractivity contribution is -0.129. The van der Waals surface area contributed by atoms with Crippen LogP contribution in [0.15, 0.2) is 47.4 Å². The highest BCUT2D eigenvalue weighted by Crippen LogP contribution is 2.25. The van der Waals surface area contributed by atoms with Crippen molar-refractivity contribution in [1.29, 1.82) is 0 Å². The van der Waals surface area contributed by atoms with Gasteiger partial charge < -0.3 is 10.1 Å². The Labute approximate surface area is 190 Å². The van der Waals surface area contributed by atoms with E-state index in [0.717, 1.165) is 21.3 Å². The topological polar surface area (TPSA) is 113 Å². The first-order chi connectivity index (χ1) is 15.8. The van der Waals surface area contributed by atoms with Crippen LogP contribution in [0.1, 0.15) is 29.6 Å². The fourth-order valence-electron chi connectivity index (χ4n) is 3.71. The first-order valence-corrected chi connectivity index (χ1v) is 11.9. The number of hydrogen-bond acceptors (Lipinski definition) is 6. The molecular formula is C22H22FN3O6S.